The quantitative estimate of drug-likeness (QED) is 0.463. The Morgan fingerprint density at radius 3 is 1.75 bits per heavy atom. The summed E-state index contributed by atoms with van der Waals surface area (Å²) in [6.45, 7) is 0. The highest BCUT2D eigenvalue weighted by Gasteiger charge is 2.32. The molecule has 5 heteroatoms. The fourth-order valence-electron chi connectivity index (χ4n) is 0.0619. The van der Waals surface area contributed by atoms with E-state index >= 15 is 0 Å². The van der Waals surface area contributed by atoms with Crippen LogP contribution in [0.4, 0.5) is 17.6 Å². The van der Waals surface area contributed by atoms with Gasteiger partial charge in [-0.1, -0.05) is 11.6 Å². The Balaban J connectivity index is 4.03. The minimum Gasteiger partial charge on any atom is -0.214 e. The van der Waals surface area contributed by atoms with Crippen molar-refractivity contribution >= 4 is 11.6 Å². The fourth-order valence-corrected chi connectivity index (χ4v) is 0.0619. The van der Waals surface area contributed by atoms with E-state index in [2.05, 4.69) is 11.6 Å². The highest BCUT2D eigenvalue weighted by atomic mass is 35.5. The third-order valence-electron chi connectivity index (χ3n) is 0.367. The summed E-state index contributed by atoms with van der Waals surface area (Å²) in [7, 11) is 0. The minimum absolute atomic E-state index is 0.693. The number of halogens is 5. The fraction of sp³-hybridized carbons (Fsp3) is 0.333. The molecule has 0 aliphatic heterocycles. The van der Waals surface area contributed by atoms with Crippen molar-refractivity contribution in [3.63, 3.8) is 0 Å². The smallest absolute Gasteiger partial charge is 0.214 e. The SMILES string of the molecule is FC=C(Cl)C(F)(F)F. The molecular formula is C3HClF4. The predicted molar refractivity (Wildman–Crippen MR) is 21.1 cm³/mol. The summed E-state index contributed by atoms with van der Waals surface area (Å²) in [5, 5.41) is -1.74. The normalized spacial score (nSPS) is 14.4. The summed E-state index contributed by atoms with van der Waals surface area (Å²) in [4.78, 5) is 0. The van der Waals surface area contributed by atoms with Crippen LogP contribution in [0.15, 0.2) is 11.4 Å². The Kier molecular flexibility index (Phi) is 2.27. The van der Waals surface area contributed by atoms with Gasteiger partial charge in [-0.3, -0.25) is 0 Å². The number of hydrogen-bond acceptors (Lipinski definition) is 0. The third kappa shape index (κ3) is 2.16. The molecule has 0 rings (SSSR count). The molecule has 0 unspecified atom stereocenters. The summed E-state index contributed by atoms with van der Waals surface area (Å²) in [5.41, 5.74) is 0. The van der Waals surface area contributed by atoms with Crippen LogP contribution in [0.2, 0.25) is 0 Å². The number of allylic oxidation sites excluding steroid dienone is 1. The number of hydrogen-bond donors (Lipinski definition) is 0. The lowest BCUT2D eigenvalue weighted by Crippen LogP contribution is -2.05. The van der Waals surface area contributed by atoms with Crippen molar-refractivity contribution in [1.82, 2.24) is 0 Å². The van der Waals surface area contributed by atoms with E-state index in [0.29, 0.717) is 0 Å². The molecule has 0 atom stereocenters. The molecule has 0 aliphatic carbocycles. The van der Waals surface area contributed by atoms with Gasteiger partial charge in [0.2, 0.25) is 0 Å². The van der Waals surface area contributed by atoms with Crippen LogP contribution in [0.3, 0.4) is 0 Å². The molecule has 0 bridgehead atoms. The van der Waals surface area contributed by atoms with Crippen molar-refractivity contribution in [3.8, 4) is 0 Å². The van der Waals surface area contributed by atoms with Gasteiger partial charge in [0.25, 0.3) is 0 Å². The monoisotopic (exact) mass is 148 g/mol. The molecule has 0 nitrogen and oxygen atoms in total. The molecular weight excluding hydrogens is 147 g/mol. The molecule has 8 heavy (non-hydrogen) atoms. The van der Waals surface area contributed by atoms with Crippen molar-refractivity contribution < 1.29 is 17.6 Å². The first-order valence-corrected chi connectivity index (χ1v) is 1.89. The van der Waals surface area contributed by atoms with Crippen LogP contribution in [-0.4, -0.2) is 6.18 Å². The second-order valence-corrected chi connectivity index (χ2v) is 1.36. The van der Waals surface area contributed by atoms with Gasteiger partial charge in [0.05, 0.1) is 0 Å². The molecule has 0 saturated heterocycles. The van der Waals surface area contributed by atoms with Crippen molar-refractivity contribution in [2.75, 3.05) is 0 Å². The zero-order valence-electron chi connectivity index (χ0n) is 3.47. The first kappa shape index (κ1) is 7.75. The third-order valence-corrected chi connectivity index (χ3v) is 0.663. The van der Waals surface area contributed by atoms with E-state index in [0.717, 1.165) is 0 Å². The highest BCUT2D eigenvalue weighted by molar-refractivity contribution is 6.30. The average Bonchev–Trinajstić information content (AvgIpc) is 1.62. The zero-order valence-corrected chi connectivity index (χ0v) is 4.22. The Hall–Kier alpha value is -0.250. The minimum atomic E-state index is -4.74. The summed E-state index contributed by atoms with van der Waals surface area (Å²) in [6, 6.07) is 0. The van der Waals surface area contributed by atoms with Crippen LogP contribution in [0, 0.1) is 0 Å². The lowest BCUT2D eigenvalue weighted by Gasteiger charge is -1.99. The Morgan fingerprint density at radius 1 is 1.38 bits per heavy atom. The Labute approximate surface area is 47.7 Å². The molecule has 0 heterocycles. The van der Waals surface area contributed by atoms with Crippen LogP contribution < -0.4 is 0 Å². The number of rotatable bonds is 0. The van der Waals surface area contributed by atoms with Gasteiger partial charge in [0.15, 0.2) is 0 Å². The standard InChI is InChI=1S/C3HClF4/c4-2(1-5)3(6,7)8/h1H. The molecule has 0 amide bonds. The van der Waals surface area contributed by atoms with Crippen LogP contribution >= 0.6 is 11.6 Å². The van der Waals surface area contributed by atoms with E-state index in [9.17, 15) is 17.6 Å². The summed E-state index contributed by atoms with van der Waals surface area (Å²) in [6.07, 6.45) is -5.43. The molecule has 0 aliphatic rings. The molecule has 48 valence electrons. The van der Waals surface area contributed by atoms with Crippen LogP contribution in [0.5, 0.6) is 0 Å². The van der Waals surface area contributed by atoms with E-state index in [4.69, 9.17) is 0 Å². The van der Waals surface area contributed by atoms with Crippen molar-refractivity contribution in [2.45, 2.75) is 6.18 Å². The van der Waals surface area contributed by atoms with Gasteiger partial charge in [-0.2, -0.15) is 13.2 Å². The predicted octanol–water partition coefficient (Wildman–Crippen LogP) is 2.60. The zero-order chi connectivity index (χ0) is 6.78. The molecule has 0 fully saturated rings. The van der Waals surface area contributed by atoms with Gasteiger partial charge in [0, 0.05) is 0 Å². The second-order valence-electron chi connectivity index (χ2n) is 0.955. The van der Waals surface area contributed by atoms with Crippen molar-refractivity contribution in [1.29, 1.82) is 0 Å². The van der Waals surface area contributed by atoms with Gasteiger partial charge >= 0.3 is 6.18 Å². The molecule has 0 spiro atoms. The van der Waals surface area contributed by atoms with E-state index in [1.54, 1.807) is 0 Å². The molecule has 0 aromatic heterocycles. The van der Waals surface area contributed by atoms with Crippen molar-refractivity contribution in [2.24, 2.45) is 0 Å². The lowest BCUT2D eigenvalue weighted by molar-refractivity contribution is -0.0853. The van der Waals surface area contributed by atoms with E-state index in [1.807, 2.05) is 0 Å². The summed E-state index contributed by atoms with van der Waals surface area (Å²) in [5.74, 6) is 0. The maximum atomic E-state index is 11.0. The highest BCUT2D eigenvalue weighted by Crippen LogP contribution is 2.28. The van der Waals surface area contributed by atoms with E-state index in [1.165, 1.54) is 0 Å². The van der Waals surface area contributed by atoms with E-state index < -0.39 is 17.5 Å². The summed E-state index contributed by atoms with van der Waals surface area (Å²) < 4.78 is 43.9. The molecule has 0 aromatic carbocycles. The maximum absolute atomic E-state index is 11.0. The average molecular weight is 148 g/mol. The van der Waals surface area contributed by atoms with Gasteiger partial charge in [-0.25, -0.2) is 4.39 Å². The second kappa shape index (κ2) is 2.35. The molecule has 0 N–H and O–H groups in total. The molecule has 0 aromatic rings. The first-order valence-electron chi connectivity index (χ1n) is 1.51. The summed E-state index contributed by atoms with van der Waals surface area (Å²) >= 11 is 4.30. The Bertz CT molecular complexity index is 102. The van der Waals surface area contributed by atoms with E-state index in [-0.39, 0.29) is 0 Å². The Morgan fingerprint density at radius 2 is 1.75 bits per heavy atom. The van der Waals surface area contributed by atoms with Gasteiger partial charge in [-0.05, 0) is 0 Å². The van der Waals surface area contributed by atoms with Gasteiger partial charge < -0.3 is 0 Å². The topological polar surface area (TPSA) is 0 Å². The van der Waals surface area contributed by atoms with Crippen LogP contribution in [0.25, 0.3) is 0 Å². The number of alkyl halides is 3. The van der Waals surface area contributed by atoms with Gasteiger partial charge in [-0.15, -0.1) is 0 Å². The van der Waals surface area contributed by atoms with Gasteiger partial charge in [0.1, 0.15) is 11.4 Å². The molecule has 0 saturated carbocycles. The largest absolute Gasteiger partial charge is 0.429 e. The van der Waals surface area contributed by atoms with Crippen LogP contribution in [-0.2, 0) is 0 Å². The lowest BCUT2D eigenvalue weighted by atomic mass is 10.6. The maximum Gasteiger partial charge on any atom is 0.429 e. The molecule has 0 radical (unpaired) electrons. The van der Waals surface area contributed by atoms with Crippen LogP contribution in [0.1, 0.15) is 0 Å². The first-order chi connectivity index (χ1) is 3.48. The van der Waals surface area contributed by atoms with Crippen molar-refractivity contribution in [3.05, 3.63) is 11.4 Å².